The molecule has 0 radical (unpaired) electrons. The third-order valence-electron chi connectivity index (χ3n) is 4.34. The van der Waals surface area contributed by atoms with E-state index in [9.17, 15) is 4.39 Å². The average molecular weight is 280 g/mol. The summed E-state index contributed by atoms with van der Waals surface area (Å²) in [6.07, 6.45) is 2.34. The highest BCUT2D eigenvalue weighted by Gasteiger charge is 2.26. The van der Waals surface area contributed by atoms with E-state index in [1.54, 1.807) is 13.2 Å². The minimum Gasteiger partial charge on any atom is -0.496 e. The van der Waals surface area contributed by atoms with Gasteiger partial charge in [0.05, 0.1) is 7.11 Å². The van der Waals surface area contributed by atoms with Gasteiger partial charge in [0.15, 0.2) is 0 Å². The van der Waals surface area contributed by atoms with Crippen LogP contribution in [0.1, 0.15) is 31.4 Å². The SMILES string of the molecule is CNCC1CCN(C(C)c2c(F)cccc2OC)CC1. The Morgan fingerprint density at radius 1 is 1.40 bits per heavy atom. The van der Waals surface area contributed by atoms with E-state index >= 15 is 0 Å². The molecule has 0 amide bonds. The average Bonchev–Trinajstić information content (AvgIpc) is 2.47. The summed E-state index contributed by atoms with van der Waals surface area (Å²) in [5, 5.41) is 3.24. The Kier molecular flexibility index (Phi) is 5.38. The first-order valence-electron chi connectivity index (χ1n) is 7.38. The molecule has 1 aromatic carbocycles. The lowest BCUT2D eigenvalue weighted by atomic mass is 9.94. The highest BCUT2D eigenvalue weighted by atomic mass is 19.1. The van der Waals surface area contributed by atoms with Crippen molar-refractivity contribution in [1.29, 1.82) is 0 Å². The Labute approximate surface area is 121 Å². The summed E-state index contributed by atoms with van der Waals surface area (Å²) in [5.41, 5.74) is 0.682. The van der Waals surface area contributed by atoms with Gasteiger partial charge in [0.1, 0.15) is 11.6 Å². The van der Waals surface area contributed by atoms with Gasteiger partial charge in [-0.05, 0) is 64.5 Å². The Morgan fingerprint density at radius 3 is 2.70 bits per heavy atom. The van der Waals surface area contributed by atoms with Crippen LogP contribution < -0.4 is 10.1 Å². The topological polar surface area (TPSA) is 24.5 Å². The van der Waals surface area contributed by atoms with Crippen LogP contribution in [-0.2, 0) is 0 Å². The number of nitrogens with zero attached hydrogens (tertiary/aromatic N) is 1. The third-order valence-corrected chi connectivity index (χ3v) is 4.34. The quantitative estimate of drug-likeness (QED) is 0.897. The zero-order chi connectivity index (χ0) is 14.5. The lowest BCUT2D eigenvalue weighted by Crippen LogP contribution is -2.38. The predicted octanol–water partition coefficient (Wildman–Crippen LogP) is 2.83. The number of hydrogen-bond donors (Lipinski definition) is 1. The highest BCUT2D eigenvalue weighted by Crippen LogP contribution is 2.33. The third kappa shape index (κ3) is 3.30. The Morgan fingerprint density at radius 2 is 2.10 bits per heavy atom. The fourth-order valence-electron chi connectivity index (χ4n) is 3.12. The minimum atomic E-state index is -0.172. The molecule has 1 saturated heterocycles. The summed E-state index contributed by atoms with van der Waals surface area (Å²) in [6.45, 7) is 5.18. The normalized spacial score (nSPS) is 19.0. The highest BCUT2D eigenvalue weighted by molar-refractivity contribution is 5.37. The number of piperidine rings is 1. The number of methoxy groups -OCH3 is 1. The van der Waals surface area contributed by atoms with Crippen molar-refractivity contribution in [3.05, 3.63) is 29.6 Å². The molecule has 1 aromatic rings. The van der Waals surface area contributed by atoms with Crippen LogP contribution in [0, 0.1) is 11.7 Å². The summed E-state index contributed by atoms with van der Waals surface area (Å²) in [7, 11) is 3.60. The van der Waals surface area contributed by atoms with Crippen molar-refractivity contribution in [2.45, 2.75) is 25.8 Å². The first-order valence-corrected chi connectivity index (χ1v) is 7.38. The van der Waals surface area contributed by atoms with E-state index < -0.39 is 0 Å². The first-order chi connectivity index (χ1) is 9.67. The molecular weight excluding hydrogens is 255 g/mol. The van der Waals surface area contributed by atoms with Gasteiger partial charge in [0.2, 0.25) is 0 Å². The summed E-state index contributed by atoms with van der Waals surface area (Å²) >= 11 is 0. The van der Waals surface area contributed by atoms with Crippen molar-refractivity contribution in [2.24, 2.45) is 5.92 Å². The molecule has 1 fully saturated rings. The van der Waals surface area contributed by atoms with Crippen LogP contribution >= 0.6 is 0 Å². The van der Waals surface area contributed by atoms with Crippen molar-refractivity contribution >= 4 is 0 Å². The van der Waals surface area contributed by atoms with Crippen LogP contribution in [0.5, 0.6) is 5.75 Å². The summed E-state index contributed by atoms with van der Waals surface area (Å²) < 4.78 is 19.4. The van der Waals surface area contributed by atoms with Crippen molar-refractivity contribution in [3.63, 3.8) is 0 Å². The van der Waals surface area contributed by atoms with E-state index in [2.05, 4.69) is 17.1 Å². The molecule has 0 saturated carbocycles. The van der Waals surface area contributed by atoms with Gasteiger partial charge in [-0.1, -0.05) is 6.07 Å². The van der Waals surface area contributed by atoms with Gasteiger partial charge in [-0.3, -0.25) is 4.90 Å². The van der Waals surface area contributed by atoms with Crippen molar-refractivity contribution in [1.82, 2.24) is 10.2 Å². The fourth-order valence-corrected chi connectivity index (χ4v) is 3.12. The number of likely N-dealkylation sites (tertiary alicyclic amines) is 1. The van der Waals surface area contributed by atoms with Gasteiger partial charge in [-0.15, -0.1) is 0 Å². The summed E-state index contributed by atoms with van der Waals surface area (Å²) in [5.74, 6) is 1.22. The Hall–Kier alpha value is -1.13. The van der Waals surface area contributed by atoms with Crippen LogP contribution in [0.4, 0.5) is 4.39 Å². The smallest absolute Gasteiger partial charge is 0.131 e. The molecule has 0 bridgehead atoms. The first kappa shape index (κ1) is 15.3. The molecule has 1 heterocycles. The van der Waals surface area contributed by atoms with Crippen LogP contribution in [0.25, 0.3) is 0 Å². The van der Waals surface area contributed by atoms with Gasteiger partial charge < -0.3 is 10.1 Å². The standard InChI is InChI=1S/C16H25FN2O/c1-12(16-14(17)5-4-6-15(16)20-3)19-9-7-13(8-10-19)11-18-2/h4-6,12-13,18H,7-11H2,1-3H3. The Bertz CT molecular complexity index is 430. The van der Waals surface area contributed by atoms with Crippen LogP contribution in [-0.4, -0.2) is 38.7 Å². The number of ether oxygens (including phenoxy) is 1. The number of hydrogen-bond acceptors (Lipinski definition) is 3. The molecule has 2 rings (SSSR count). The number of benzene rings is 1. The van der Waals surface area contributed by atoms with Gasteiger partial charge >= 0.3 is 0 Å². The van der Waals surface area contributed by atoms with Gasteiger partial charge in [-0.25, -0.2) is 4.39 Å². The molecule has 20 heavy (non-hydrogen) atoms. The molecule has 0 aliphatic carbocycles. The second-order valence-corrected chi connectivity index (χ2v) is 5.57. The minimum absolute atomic E-state index is 0.0571. The van der Waals surface area contributed by atoms with Gasteiger partial charge in [0.25, 0.3) is 0 Å². The lowest BCUT2D eigenvalue weighted by Gasteiger charge is -2.36. The predicted molar refractivity (Wildman–Crippen MR) is 79.6 cm³/mol. The van der Waals surface area contributed by atoms with E-state index in [1.807, 2.05) is 13.1 Å². The van der Waals surface area contributed by atoms with Crippen LogP contribution in [0.15, 0.2) is 18.2 Å². The molecule has 1 N–H and O–H groups in total. The zero-order valence-electron chi connectivity index (χ0n) is 12.7. The molecule has 112 valence electrons. The zero-order valence-corrected chi connectivity index (χ0v) is 12.7. The maximum absolute atomic E-state index is 14.1. The van der Waals surface area contributed by atoms with Crippen molar-refractivity contribution in [2.75, 3.05) is 33.8 Å². The second kappa shape index (κ2) is 7.04. The fraction of sp³-hybridized carbons (Fsp3) is 0.625. The molecule has 3 nitrogen and oxygen atoms in total. The van der Waals surface area contributed by atoms with E-state index in [1.165, 1.54) is 18.9 Å². The molecule has 1 aliphatic heterocycles. The van der Waals surface area contributed by atoms with Gasteiger partial charge in [-0.2, -0.15) is 0 Å². The molecule has 0 aromatic heterocycles. The Balaban J connectivity index is 2.07. The van der Waals surface area contributed by atoms with Gasteiger partial charge in [0, 0.05) is 11.6 Å². The van der Waals surface area contributed by atoms with E-state index in [-0.39, 0.29) is 11.9 Å². The van der Waals surface area contributed by atoms with E-state index in [0.717, 1.165) is 25.6 Å². The summed E-state index contributed by atoms with van der Waals surface area (Å²) in [4.78, 5) is 2.35. The maximum atomic E-state index is 14.1. The molecule has 1 aliphatic rings. The van der Waals surface area contributed by atoms with E-state index in [4.69, 9.17) is 4.74 Å². The second-order valence-electron chi connectivity index (χ2n) is 5.57. The van der Waals surface area contributed by atoms with E-state index in [0.29, 0.717) is 11.3 Å². The van der Waals surface area contributed by atoms with Crippen molar-refractivity contribution < 1.29 is 9.13 Å². The van der Waals surface area contributed by atoms with Crippen molar-refractivity contribution in [3.8, 4) is 5.75 Å². The molecular formula is C16H25FN2O. The molecule has 1 unspecified atom stereocenters. The molecule has 0 spiro atoms. The summed E-state index contributed by atoms with van der Waals surface area (Å²) in [6, 6.07) is 5.11. The largest absolute Gasteiger partial charge is 0.496 e. The molecule has 4 heteroatoms. The van der Waals surface area contributed by atoms with Crippen LogP contribution in [0.2, 0.25) is 0 Å². The number of halogens is 1. The number of nitrogens with one attached hydrogen (secondary N) is 1. The maximum Gasteiger partial charge on any atom is 0.131 e. The van der Waals surface area contributed by atoms with Crippen LogP contribution in [0.3, 0.4) is 0 Å². The lowest BCUT2D eigenvalue weighted by molar-refractivity contribution is 0.137. The monoisotopic (exact) mass is 280 g/mol. The number of rotatable bonds is 5. The molecule has 1 atom stereocenters.